The monoisotopic (exact) mass is 235 g/mol. The van der Waals surface area contributed by atoms with Crippen molar-refractivity contribution in [2.45, 2.75) is 13.5 Å². The second-order valence-electron chi connectivity index (χ2n) is 3.57. The second kappa shape index (κ2) is 4.49. The zero-order chi connectivity index (χ0) is 11.5. The third-order valence-electron chi connectivity index (χ3n) is 2.30. The molecule has 0 aromatic carbocycles. The number of hydrogen-bond acceptors (Lipinski definition) is 3. The van der Waals surface area contributed by atoms with Crippen molar-refractivity contribution in [3.8, 4) is 0 Å². The minimum Gasteiger partial charge on any atom is -0.347 e. The molecular formula is C11H13N3OS. The fraction of sp³-hybridized carbons (Fsp3) is 0.273. The zero-order valence-electron chi connectivity index (χ0n) is 9.23. The van der Waals surface area contributed by atoms with Crippen molar-refractivity contribution in [1.82, 2.24) is 15.1 Å². The van der Waals surface area contributed by atoms with Crippen molar-refractivity contribution in [1.29, 1.82) is 0 Å². The highest BCUT2D eigenvalue weighted by atomic mass is 32.1. The highest BCUT2D eigenvalue weighted by Gasteiger charge is 2.08. The van der Waals surface area contributed by atoms with Crippen LogP contribution in [-0.2, 0) is 13.6 Å². The van der Waals surface area contributed by atoms with Crippen LogP contribution in [0.25, 0.3) is 0 Å². The molecule has 4 nitrogen and oxygen atoms in total. The largest absolute Gasteiger partial charge is 0.347 e. The van der Waals surface area contributed by atoms with E-state index in [-0.39, 0.29) is 5.91 Å². The Labute approximate surface area is 97.9 Å². The molecular weight excluding hydrogens is 222 g/mol. The summed E-state index contributed by atoms with van der Waals surface area (Å²) in [5, 5.41) is 8.99. The molecule has 2 aromatic heterocycles. The third-order valence-corrected chi connectivity index (χ3v) is 3.17. The number of rotatable bonds is 3. The fourth-order valence-electron chi connectivity index (χ4n) is 1.49. The first-order valence-corrected chi connectivity index (χ1v) is 5.85. The number of nitrogens with zero attached hydrogens (tertiary/aromatic N) is 2. The van der Waals surface area contributed by atoms with E-state index in [1.54, 1.807) is 4.68 Å². The van der Waals surface area contributed by atoms with E-state index in [0.29, 0.717) is 6.54 Å². The summed E-state index contributed by atoms with van der Waals surface area (Å²) in [5.41, 5.74) is 2.00. The number of thiophene rings is 1. The van der Waals surface area contributed by atoms with E-state index in [2.05, 4.69) is 10.4 Å². The highest BCUT2D eigenvalue weighted by molar-refractivity contribution is 7.12. The SMILES string of the molecule is Cc1nn(C)cc1CNC(=O)c1cccs1. The quantitative estimate of drug-likeness (QED) is 0.880. The van der Waals surface area contributed by atoms with E-state index >= 15 is 0 Å². The third kappa shape index (κ3) is 2.30. The molecule has 1 amide bonds. The summed E-state index contributed by atoms with van der Waals surface area (Å²) >= 11 is 1.44. The maximum absolute atomic E-state index is 11.7. The van der Waals surface area contributed by atoms with Gasteiger partial charge in [-0.25, -0.2) is 0 Å². The van der Waals surface area contributed by atoms with Crippen LogP contribution >= 0.6 is 11.3 Å². The molecule has 0 fully saturated rings. The van der Waals surface area contributed by atoms with E-state index in [1.165, 1.54) is 11.3 Å². The van der Waals surface area contributed by atoms with Gasteiger partial charge in [0.15, 0.2) is 0 Å². The molecule has 0 saturated carbocycles. The van der Waals surface area contributed by atoms with Crippen LogP contribution < -0.4 is 5.32 Å². The molecule has 0 unspecified atom stereocenters. The van der Waals surface area contributed by atoms with Gasteiger partial charge in [-0.3, -0.25) is 9.48 Å². The molecule has 0 radical (unpaired) electrons. The summed E-state index contributed by atoms with van der Waals surface area (Å²) in [6.45, 7) is 2.46. The Morgan fingerprint density at radius 3 is 3.00 bits per heavy atom. The van der Waals surface area contributed by atoms with Gasteiger partial charge in [0.05, 0.1) is 10.6 Å². The number of aryl methyl sites for hydroxylation is 2. The molecule has 0 aliphatic carbocycles. The molecule has 0 saturated heterocycles. The lowest BCUT2D eigenvalue weighted by Gasteiger charge is -2.01. The standard InChI is InChI=1S/C11H13N3OS/c1-8-9(7-14(2)13-8)6-12-11(15)10-4-3-5-16-10/h3-5,7H,6H2,1-2H3,(H,12,15). The van der Waals surface area contributed by atoms with Crippen molar-refractivity contribution in [2.75, 3.05) is 0 Å². The number of aromatic nitrogens is 2. The number of amides is 1. The predicted octanol–water partition coefficient (Wildman–Crippen LogP) is 1.72. The lowest BCUT2D eigenvalue weighted by atomic mass is 10.2. The van der Waals surface area contributed by atoms with Gasteiger partial charge in [-0.1, -0.05) is 6.07 Å². The number of carbonyl (C=O) groups excluding carboxylic acids is 1. The van der Waals surface area contributed by atoms with Crippen molar-refractivity contribution >= 4 is 17.2 Å². The predicted molar refractivity (Wildman–Crippen MR) is 63.4 cm³/mol. The summed E-state index contributed by atoms with van der Waals surface area (Å²) in [6.07, 6.45) is 1.92. The Morgan fingerprint density at radius 1 is 1.62 bits per heavy atom. The summed E-state index contributed by atoms with van der Waals surface area (Å²) in [5.74, 6) is -0.0294. The van der Waals surface area contributed by atoms with Crippen LogP contribution in [-0.4, -0.2) is 15.7 Å². The number of nitrogens with one attached hydrogen (secondary N) is 1. The minimum atomic E-state index is -0.0294. The molecule has 5 heteroatoms. The van der Waals surface area contributed by atoms with Gasteiger partial charge in [0.2, 0.25) is 0 Å². The van der Waals surface area contributed by atoms with Gasteiger partial charge in [0, 0.05) is 25.4 Å². The first-order valence-electron chi connectivity index (χ1n) is 4.97. The van der Waals surface area contributed by atoms with Crippen LogP contribution in [0.4, 0.5) is 0 Å². The molecule has 0 spiro atoms. The smallest absolute Gasteiger partial charge is 0.261 e. The van der Waals surface area contributed by atoms with Gasteiger partial charge >= 0.3 is 0 Å². The van der Waals surface area contributed by atoms with Gasteiger partial charge in [0.1, 0.15) is 0 Å². The topological polar surface area (TPSA) is 46.9 Å². The van der Waals surface area contributed by atoms with Crippen molar-refractivity contribution in [3.05, 3.63) is 39.8 Å². The van der Waals surface area contributed by atoms with Crippen molar-refractivity contribution in [2.24, 2.45) is 7.05 Å². The Hall–Kier alpha value is -1.62. The summed E-state index contributed by atoms with van der Waals surface area (Å²) in [6, 6.07) is 3.69. The van der Waals surface area contributed by atoms with Gasteiger partial charge < -0.3 is 5.32 Å². The van der Waals surface area contributed by atoms with E-state index in [9.17, 15) is 4.79 Å². The van der Waals surface area contributed by atoms with Gasteiger partial charge in [0.25, 0.3) is 5.91 Å². The Morgan fingerprint density at radius 2 is 2.44 bits per heavy atom. The van der Waals surface area contributed by atoms with E-state index in [4.69, 9.17) is 0 Å². The molecule has 0 bridgehead atoms. The average Bonchev–Trinajstić information content (AvgIpc) is 2.84. The minimum absolute atomic E-state index is 0.0294. The van der Waals surface area contributed by atoms with E-state index in [0.717, 1.165) is 16.1 Å². The summed E-state index contributed by atoms with van der Waals surface area (Å²) < 4.78 is 1.75. The second-order valence-corrected chi connectivity index (χ2v) is 4.52. The maximum atomic E-state index is 11.7. The fourth-order valence-corrected chi connectivity index (χ4v) is 2.13. The molecule has 2 heterocycles. The molecule has 16 heavy (non-hydrogen) atoms. The molecule has 1 N–H and O–H groups in total. The summed E-state index contributed by atoms with van der Waals surface area (Å²) in [7, 11) is 1.87. The molecule has 0 aliphatic heterocycles. The summed E-state index contributed by atoms with van der Waals surface area (Å²) in [4.78, 5) is 12.4. The van der Waals surface area contributed by atoms with Gasteiger partial charge in [-0.2, -0.15) is 5.10 Å². The van der Waals surface area contributed by atoms with Gasteiger partial charge in [-0.05, 0) is 18.4 Å². The van der Waals surface area contributed by atoms with Crippen molar-refractivity contribution in [3.63, 3.8) is 0 Å². The molecule has 84 valence electrons. The Kier molecular flexibility index (Phi) is 3.05. The Bertz CT molecular complexity index is 487. The molecule has 0 aliphatic rings. The van der Waals surface area contributed by atoms with Gasteiger partial charge in [-0.15, -0.1) is 11.3 Å². The first kappa shape index (κ1) is 10.9. The normalized spacial score (nSPS) is 10.4. The molecule has 2 rings (SSSR count). The van der Waals surface area contributed by atoms with Crippen molar-refractivity contribution < 1.29 is 4.79 Å². The van der Waals surface area contributed by atoms with Crippen LogP contribution in [0, 0.1) is 6.92 Å². The maximum Gasteiger partial charge on any atom is 0.261 e. The highest BCUT2D eigenvalue weighted by Crippen LogP contribution is 2.09. The van der Waals surface area contributed by atoms with Crippen LogP contribution in [0.5, 0.6) is 0 Å². The van der Waals surface area contributed by atoms with Crippen LogP contribution in [0.1, 0.15) is 20.9 Å². The number of carbonyl (C=O) groups is 1. The zero-order valence-corrected chi connectivity index (χ0v) is 10.0. The molecule has 2 aromatic rings. The first-order chi connectivity index (χ1) is 7.66. The van der Waals surface area contributed by atoms with Crippen LogP contribution in [0.2, 0.25) is 0 Å². The average molecular weight is 235 g/mol. The van der Waals surface area contributed by atoms with E-state index < -0.39 is 0 Å². The van der Waals surface area contributed by atoms with Crippen LogP contribution in [0.3, 0.4) is 0 Å². The molecule has 0 atom stereocenters. The van der Waals surface area contributed by atoms with E-state index in [1.807, 2.05) is 37.7 Å². The van der Waals surface area contributed by atoms with Crippen LogP contribution in [0.15, 0.2) is 23.7 Å². The lowest BCUT2D eigenvalue weighted by Crippen LogP contribution is -2.21. The Balaban J connectivity index is 1.98. The number of hydrogen-bond donors (Lipinski definition) is 1. The lowest BCUT2D eigenvalue weighted by molar-refractivity contribution is 0.0955.